The van der Waals surface area contributed by atoms with E-state index in [0.29, 0.717) is 15.0 Å². The minimum atomic E-state index is 0.221. The van der Waals surface area contributed by atoms with E-state index in [-0.39, 0.29) is 6.04 Å². The fourth-order valence-corrected chi connectivity index (χ4v) is 4.54. The van der Waals surface area contributed by atoms with Crippen molar-refractivity contribution in [2.45, 2.75) is 43.5 Å². The van der Waals surface area contributed by atoms with E-state index < -0.39 is 0 Å². The van der Waals surface area contributed by atoms with Crippen LogP contribution in [-0.4, -0.2) is 31.4 Å². The number of hydrogen-bond donors (Lipinski definition) is 0. The predicted molar refractivity (Wildman–Crippen MR) is 82.3 cm³/mol. The van der Waals surface area contributed by atoms with Gasteiger partial charge in [0, 0.05) is 0 Å². The van der Waals surface area contributed by atoms with E-state index >= 15 is 0 Å². The Balaban J connectivity index is 1.83. The Morgan fingerprint density at radius 3 is 2.89 bits per heavy atom. The average molecular weight is 322 g/mol. The van der Waals surface area contributed by atoms with Gasteiger partial charge in [0.15, 0.2) is 0 Å². The molecule has 2 nitrogen and oxygen atoms in total. The van der Waals surface area contributed by atoms with Crippen LogP contribution in [0.1, 0.15) is 32.1 Å². The van der Waals surface area contributed by atoms with Crippen LogP contribution in [0.3, 0.4) is 0 Å². The van der Waals surface area contributed by atoms with Gasteiger partial charge >= 0.3 is 122 Å². The molecule has 102 valence electrons. The summed E-state index contributed by atoms with van der Waals surface area (Å²) in [6, 6.07) is 10.7. The number of hydrogen-bond acceptors (Lipinski definition) is 1. The third-order valence-electron chi connectivity index (χ3n) is 3.47. The van der Waals surface area contributed by atoms with Crippen molar-refractivity contribution in [3.63, 3.8) is 0 Å². The van der Waals surface area contributed by atoms with Crippen LogP contribution in [0.2, 0.25) is 5.32 Å². The molecular weight excluding hydrogens is 301 g/mol. The number of nitrogens with zero attached hydrogens (tertiary/aromatic N) is 1. The Bertz CT molecular complexity index is 441. The molecule has 1 aromatic rings. The van der Waals surface area contributed by atoms with E-state index in [2.05, 4.69) is 30.8 Å². The Labute approximate surface area is 122 Å². The first kappa shape index (κ1) is 14.4. The summed E-state index contributed by atoms with van der Waals surface area (Å²) >= 11 is 0.422. The van der Waals surface area contributed by atoms with Crippen LogP contribution in [0.5, 0.6) is 0 Å². The zero-order valence-corrected chi connectivity index (χ0v) is 13.0. The maximum atomic E-state index is 12.2. The van der Waals surface area contributed by atoms with Gasteiger partial charge in [-0.2, -0.15) is 0 Å². The van der Waals surface area contributed by atoms with E-state index in [1.807, 2.05) is 12.1 Å². The number of hydroxylamine groups is 1. The van der Waals surface area contributed by atoms with Gasteiger partial charge in [0.1, 0.15) is 0 Å². The molecule has 2 rings (SSSR count). The topological polar surface area (TPSA) is 26.1 Å². The summed E-state index contributed by atoms with van der Waals surface area (Å²) in [6.07, 6.45) is 6.99. The van der Waals surface area contributed by atoms with Crippen molar-refractivity contribution in [3.8, 4) is 0 Å². The first-order chi connectivity index (χ1) is 9.31. The number of allylic oxidation sites excluding steroid dienone is 1. The van der Waals surface area contributed by atoms with Crippen molar-refractivity contribution >= 4 is 25.1 Å². The molecule has 1 aliphatic rings. The standard InChI is InChI=1S/C16H21NOSe/c1-2-3-5-8-14-11-12-15(17(14)18)13-19-16-9-6-4-7-10-16/h2,4,6-7,9-10,15H,1,3,5,8,11-13H2. The summed E-state index contributed by atoms with van der Waals surface area (Å²) in [5.41, 5.74) is 1.11. The second kappa shape index (κ2) is 7.52. The molecule has 19 heavy (non-hydrogen) atoms. The molecule has 0 spiro atoms. The van der Waals surface area contributed by atoms with Crippen LogP contribution >= 0.6 is 0 Å². The molecular formula is C16H21NOSe. The molecule has 1 aliphatic heterocycles. The number of benzene rings is 1. The molecule has 1 unspecified atom stereocenters. The van der Waals surface area contributed by atoms with Gasteiger partial charge in [0.25, 0.3) is 0 Å². The molecule has 0 aromatic heterocycles. The van der Waals surface area contributed by atoms with Gasteiger partial charge in [0.2, 0.25) is 0 Å². The van der Waals surface area contributed by atoms with Crippen LogP contribution in [0.4, 0.5) is 0 Å². The molecule has 3 heteroatoms. The molecule has 0 N–H and O–H groups in total. The van der Waals surface area contributed by atoms with Crippen molar-refractivity contribution in [1.82, 2.24) is 0 Å². The predicted octanol–water partition coefficient (Wildman–Crippen LogP) is 2.90. The van der Waals surface area contributed by atoms with Crippen molar-refractivity contribution in [3.05, 3.63) is 48.2 Å². The second-order valence-electron chi connectivity index (χ2n) is 4.89. The van der Waals surface area contributed by atoms with Crippen molar-refractivity contribution in [2.24, 2.45) is 0 Å². The molecule has 1 aromatic carbocycles. The second-order valence-corrected chi connectivity index (χ2v) is 7.18. The zero-order chi connectivity index (χ0) is 13.5. The quantitative estimate of drug-likeness (QED) is 0.249. The van der Waals surface area contributed by atoms with Gasteiger partial charge in [0.05, 0.1) is 0 Å². The first-order valence-electron chi connectivity index (χ1n) is 6.91. The average Bonchev–Trinajstić information content (AvgIpc) is 2.79. The zero-order valence-electron chi connectivity index (χ0n) is 11.3. The van der Waals surface area contributed by atoms with Gasteiger partial charge in [-0.1, -0.05) is 0 Å². The summed E-state index contributed by atoms with van der Waals surface area (Å²) in [5.74, 6) is 0. The third-order valence-corrected chi connectivity index (χ3v) is 5.90. The summed E-state index contributed by atoms with van der Waals surface area (Å²) in [5, 5.41) is 13.2. The van der Waals surface area contributed by atoms with E-state index in [4.69, 9.17) is 0 Å². The van der Waals surface area contributed by atoms with Crippen LogP contribution in [0.25, 0.3) is 0 Å². The molecule has 0 saturated carbocycles. The number of rotatable bonds is 7. The summed E-state index contributed by atoms with van der Waals surface area (Å²) in [4.78, 5) is 0. The molecule has 0 fully saturated rings. The van der Waals surface area contributed by atoms with Gasteiger partial charge < -0.3 is 0 Å². The Hall–Kier alpha value is -1.05. The van der Waals surface area contributed by atoms with E-state index in [1.54, 1.807) is 0 Å². The fourth-order valence-electron chi connectivity index (χ4n) is 2.36. The van der Waals surface area contributed by atoms with Crippen LogP contribution in [0.15, 0.2) is 43.0 Å². The SMILES string of the molecule is C=CCCCC1=[N+]([O-])C(C[Se]c2ccccc2)CC1. The molecule has 0 amide bonds. The van der Waals surface area contributed by atoms with Crippen LogP contribution in [0, 0.1) is 5.21 Å². The molecule has 0 saturated heterocycles. The van der Waals surface area contributed by atoms with Gasteiger partial charge in [-0.25, -0.2) is 0 Å². The van der Waals surface area contributed by atoms with E-state index in [0.717, 1.165) is 43.1 Å². The Kier molecular flexibility index (Phi) is 5.68. The third kappa shape index (κ3) is 4.22. The van der Waals surface area contributed by atoms with Crippen molar-refractivity contribution < 1.29 is 4.74 Å². The normalized spacial score (nSPS) is 18.8. The molecule has 0 aliphatic carbocycles. The first-order valence-corrected chi connectivity index (χ1v) is 8.98. The molecule has 0 radical (unpaired) electrons. The van der Waals surface area contributed by atoms with Gasteiger partial charge in [-0.3, -0.25) is 0 Å². The minimum absolute atomic E-state index is 0.221. The van der Waals surface area contributed by atoms with Crippen molar-refractivity contribution in [2.75, 3.05) is 0 Å². The Morgan fingerprint density at radius 1 is 1.37 bits per heavy atom. The van der Waals surface area contributed by atoms with Gasteiger partial charge in [-0.15, -0.1) is 0 Å². The van der Waals surface area contributed by atoms with Gasteiger partial charge in [-0.05, 0) is 0 Å². The van der Waals surface area contributed by atoms with Crippen molar-refractivity contribution in [1.29, 1.82) is 0 Å². The summed E-state index contributed by atoms with van der Waals surface area (Å²) < 4.78 is 2.71. The van der Waals surface area contributed by atoms with Crippen LogP contribution in [-0.2, 0) is 0 Å². The fraction of sp³-hybridized carbons (Fsp3) is 0.438. The number of unbranched alkanes of at least 4 members (excludes halogenated alkanes) is 1. The van der Waals surface area contributed by atoms with E-state index in [1.165, 1.54) is 9.20 Å². The monoisotopic (exact) mass is 323 g/mol. The van der Waals surface area contributed by atoms with Crippen LogP contribution < -0.4 is 4.46 Å². The molecule has 1 atom stereocenters. The maximum absolute atomic E-state index is 12.2. The molecule has 0 bridgehead atoms. The summed E-state index contributed by atoms with van der Waals surface area (Å²) in [6.45, 7) is 3.72. The van der Waals surface area contributed by atoms with E-state index in [9.17, 15) is 5.21 Å². The molecule has 1 heterocycles. The Morgan fingerprint density at radius 2 is 2.16 bits per heavy atom. The summed E-state index contributed by atoms with van der Waals surface area (Å²) in [7, 11) is 0.